The predicted octanol–water partition coefficient (Wildman–Crippen LogP) is 4.37. The van der Waals surface area contributed by atoms with Crippen LogP contribution in [0.2, 0.25) is 0 Å². The fraction of sp³-hybridized carbons (Fsp3) is 0.421. The molecule has 0 fully saturated rings. The maximum Gasteiger partial charge on any atom is 0.417 e. The van der Waals surface area contributed by atoms with E-state index in [9.17, 15) is 23.1 Å². The van der Waals surface area contributed by atoms with Crippen molar-refractivity contribution in [1.82, 2.24) is 14.6 Å². The number of benzene rings is 1. The van der Waals surface area contributed by atoms with E-state index in [-0.39, 0.29) is 4.90 Å². The van der Waals surface area contributed by atoms with Crippen LogP contribution >= 0.6 is 23.1 Å². The average molecular weight is 459 g/mol. The second-order valence-corrected chi connectivity index (χ2v) is 10.5. The number of primary amides is 1. The van der Waals surface area contributed by atoms with Gasteiger partial charge in [0.25, 0.3) is 0 Å². The highest BCUT2D eigenvalue weighted by molar-refractivity contribution is 8.01. The number of amides is 1. The molecule has 162 valence electrons. The zero-order valence-electron chi connectivity index (χ0n) is 17.0. The van der Waals surface area contributed by atoms with Crippen molar-refractivity contribution in [1.29, 1.82) is 0 Å². The minimum absolute atomic E-state index is 0.115. The van der Waals surface area contributed by atoms with Gasteiger partial charge >= 0.3 is 6.18 Å². The minimum atomic E-state index is -4.59. The minimum Gasteiger partial charge on any atom is -0.383 e. The topological polar surface area (TPSA) is 93.5 Å². The van der Waals surface area contributed by atoms with Crippen LogP contribution in [0.4, 0.5) is 13.2 Å². The average Bonchev–Trinajstić information content (AvgIpc) is 3.09. The van der Waals surface area contributed by atoms with E-state index >= 15 is 0 Å². The number of rotatable bonds is 5. The first-order valence-electron chi connectivity index (χ1n) is 8.91. The Morgan fingerprint density at radius 3 is 2.40 bits per heavy atom. The van der Waals surface area contributed by atoms with Gasteiger partial charge in [0.1, 0.15) is 10.6 Å². The molecular formula is C19H21F3N4O2S2. The Balaban J connectivity index is 2.20. The standard InChI is InChI=1S/C19H21F3N4O2S2/c1-9-13(26-16(24-9)29-15(25-26)17(2,3)28)10-6-7-11(19(20,21)22)12(8-10)30-18(4,5)14(23)27/h6-8,28H,1-5H3,(H2,23,27). The molecule has 0 radical (unpaired) electrons. The fourth-order valence-corrected chi connectivity index (χ4v) is 4.82. The number of carbonyl (C=O) groups excluding carboxylic acids is 1. The fourth-order valence-electron chi connectivity index (χ4n) is 2.74. The van der Waals surface area contributed by atoms with Gasteiger partial charge in [-0.15, -0.1) is 11.8 Å². The van der Waals surface area contributed by atoms with Crippen molar-refractivity contribution in [2.75, 3.05) is 0 Å². The number of aliphatic hydroxyl groups is 1. The maximum atomic E-state index is 13.6. The van der Waals surface area contributed by atoms with Crippen molar-refractivity contribution in [2.45, 2.75) is 56.0 Å². The Kier molecular flexibility index (Phi) is 5.45. The monoisotopic (exact) mass is 458 g/mol. The molecule has 0 aliphatic carbocycles. The number of alkyl halides is 3. The van der Waals surface area contributed by atoms with E-state index in [0.717, 1.165) is 17.8 Å². The summed E-state index contributed by atoms with van der Waals surface area (Å²) in [6, 6.07) is 3.71. The first-order chi connectivity index (χ1) is 13.6. The van der Waals surface area contributed by atoms with Gasteiger partial charge in [-0.3, -0.25) is 4.79 Å². The third-order valence-electron chi connectivity index (χ3n) is 4.42. The van der Waals surface area contributed by atoms with Gasteiger partial charge in [-0.2, -0.15) is 18.3 Å². The van der Waals surface area contributed by atoms with Crippen molar-refractivity contribution >= 4 is 34.0 Å². The smallest absolute Gasteiger partial charge is 0.383 e. The predicted molar refractivity (Wildman–Crippen MR) is 110 cm³/mol. The van der Waals surface area contributed by atoms with Crippen molar-refractivity contribution in [2.24, 2.45) is 5.73 Å². The Labute approximate surface area is 179 Å². The molecule has 0 aliphatic rings. The normalized spacial score (nSPS) is 13.2. The highest BCUT2D eigenvalue weighted by Gasteiger charge is 2.37. The third-order valence-corrected chi connectivity index (χ3v) is 6.91. The molecular weight excluding hydrogens is 437 g/mol. The highest BCUT2D eigenvalue weighted by Crippen LogP contribution is 2.43. The van der Waals surface area contributed by atoms with Gasteiger partial charge in [-0.1, -0.05) is 17.4 Å². The number of nitrogens with two attached hydrogens (primary N) is 1. The summed E-state index contributed by atoms with van der Waals surface area (Å²) in [5.41, 5.74) is 4.90. The molecule has 6 nitrogen and oxygen atoms in total. The molecule has 0 saturated carbocycles. The van der Waals surface area contributed by atoms with Crippen molar-refractivity contribution in [3.8, 4) is 11.3 Å². The lowest BCUT2D eigenvalue weighted by Crippen LogP contribution is -2.34. The van der Waals surface area contributed by atoms with Crippen LogP contribution in [-0.4, -0.2) is 30.4 Å². The molecule has 3 rings (SSSR count). The van der Waals surface area contributed by atoms with Crippen molar-refractivity contribution in [3.63, 3.8) is 0 Å². The van der Waals surface area contributed by atoms with Crippen LogP contribution in [0.25, 0.3) is 16.2 Å². The summed E-state index contributed by atoms with van der Waals surface area (Å²) >= 11 is 1.96. The summed E-state index contributed by atoms with van der Waals surface area (Å²) in [6.45, 7) is 7.88. The van der Waals surface area contributed by atoms with Crippen molar-refractivity contribution < 1.29 is 23.1 Å². The molecule has 1 aromatic carbocycles. The van der Waals surface area contributed by atoms with Gasteiger partial charge in [0.05, 0.1) is 21.7 Å². The Hall–Kier alpha value is -2.11. The summed E-state index contributed by atoms with van der Waals surface area (Å²) < 4.78 is 41.0. The number of carbonyl (C=O) groups is 1. The van der Waals surface area contributed by atoms with Crippen molar-refractivity contribution in [3.05, 3.63) is 34.5 Å². The van der Waals surface area contributed by atoms with Crippen LogP contribution in [0.5, 0.6) is 0 Å². The lowest BCUT2D eigenvalue weighted by Gasteiger charge is -2.23. The number of nitrogens with zero attached hydrogens (tertiary/aromatic N) is 3. The molecule has 0 bridgehead atoms. The largest absolute Gasteiger partial charge is 0.417 e. The van der Waals surface area contributed by atoms with Gasteiger partial charge in [0.2, 0.25) is 10.9 Å². The molecule has 0 atom stereocenters. The van der Waals surface area contributed by atoms with E-state index in [1.807, 2.05) is 0 Å². The number of imidazole rings is 1. The molecule has 3 aromatic rings. The van der Waals surface area contributed by atoms with Crippen LogP contribution in [0.3, 0.4) is 0 Å². The van der Waals surface area contributed by atoms with Crippen LogP contribution in [0.15, 0.2) is 23.1 Å². The molecule has 0 saturated heterocycles. The molecule has 2 heterocycles. The SMILES string of the molecule is Cc1nc2sc(C(C)(C)O)nn2c1-c1ccc(C(F)(F)F)c(SC(C)(C)C(N)=O)c1. The first-order valence-corrected chi connectivity index (χ1v) is 10.5. The molecule has 30 heavy (non-hydrogen) atoms. The molecule has 3 N–H and O–H groups in total. The Morgan fingerprint density at radius 2 is 1.87 bits per heavy atom. The summed E-state index contributed by atoms with van der Waals surface area (Å²) in [7, 11) is 0. The van der Waals surface area contributed by atoms with E-state index in [1.165, 1.54) is 41.8 Å². The van der Waals surface area contributed by atoms with E-state index < -0.39 is 28.0 Å². The van der Waals surface area contributed by atoms with Crippen LogP contribution in [0, 0.1) is 6.92 Å². The molecule has 0 aliphatic heterocycles. The van der Waals surface area contributed by atoms with Crippen LogP contribution in [-0.2, 0) is 16.6 Å². The summed E-state index contributed by atoms with van der Waals surface area (Å²) in [5, 5.41) is 15.1. The van der Waals surface area contributed by atoms with Gasteiger partial charge < -0.3 is 10.8 Å². The summed E-state index contributed by atoms with van der Waals surface area (Å²) in [4.78, 5) is 16.5. The zero-order chi connectivity index (χ0) is 22.6. The Bertz CT molecular complexity index is 1130. The lowest BCUT2D eigenvalue weighted by molar-refractivity contribution is -0.139. The summed E-state index contributed by atoms with van der Waals surface area (Å²) in [6.07, 6.45) is -4.59. The number of fused-ring (bicyclic) bond motifs is 1. The highest BCUT2D eigenvalue weighted by atomic mass is 32.2. The second kappa shape index (κ2) is 7.24. The number of thioether (sulfide) groups is 1. The number of halogens is 3. The van der Waals surface area contributed by atoms with Gasteiger partial charge in [-0.25, -0.2) is 9.50 Å². The van der Waals surface area contributed by atoms with Crippen LogP contribution in [0.1, 0.15) is 44.0 Å². The molecule has 1 amide bonds. The molecule has 0 spiro atoms. The summed E-state index contributed by atoms with van der Waals surface area (Å²) in [5.74, 6) is -0.719. The number of aromatic nitrogens is 3. The number of hydrogen-bond acceptors (Lipinski definition) is 6. The molecule has 2 aromatic heterocycles. The second-order valence-electron chi connectivity index (χ2n) is 7.89. The van der Waals surface area contributed by atoms with Gasteiger partial charge in [0, 0.05) is 10.5 Å². The van der Waals surface area contributed by atoms with Gasteiger partial charge in [0.15, 0.2) is 0 Å². The van der Waals surface area contributed by atoms with Crippen LogP contribution < -0.4 is 5.73 Å². The number of aryl methyl sites for hydroxylation is 1. The zero-order valence-corrected chi connectivity index (χ0v) is 18.6. The lowest BCUT2D eigenvalue weighted by atomic mass is 10.1. The molecule has 0 unspecified atom stereocenters. The number of hydrogen-bond donors (Lipinski definition) is 2. The van der Waals surface area contributed by atoms with E-state index in [1.54, 1.807) is 20.8 Å². The van der Waals surface area contributed by atoms with Gasteiger partial charge in [-0.05, 0) is 46.8 Å². The third kappa shape index (κ3) is 4.19. The Morgan fingerprint density at radius 1 is 1.23 bits per heavy atom. The van der Waals surface area contributed by atoms with E-state index in [0.29, 0.717) is 26.9 Å². The first kappa shape index (κ1) is 22.6. The quantitative estimate of drug-likeness (QED) is 0.554. The maximum absolute atomic E-state index is 13.6. The molecule has 11 heteroatoms. The van der Waals surface area contributed by atoms with E-state index in [2.05, 4.69) is 10.1 Å². The van der Waals surface area contributed by atoms with E-state index in [4.69, 9.17) is 5.73 Å².